The number of aliphatic hydroxyl groups excluding tert-OH is 1. The molecule has 0 bridgehead atoms. The van der Waals surface area contributed by atoms with Crippen molar-refractivity contribution in [3.8, 4) is 28.7 Å². The predicted molar refractivity (Wildman–Crippen MR) is 100 cm³/mol. The topological polar surface area (TPSA) is 110 Å². The number of phenolic OH excluding ortho intramolecular Hbond substituents is 4. The predicted octanol–water partition coefficient (Wildman–Crippen LogP) is 4.06. The monoisotopic (exact) mass is 374 g/mol. The van der Waals surface area contributed by atoms with E-state index in [4.69, 9.17) is 4.74 Å². The fourth-order valence-electron chi connectivity index (χ4n) is 3.74. The number of phenols is 4. The Morgan fingerprint density at radius 2 is 1.67 bits per heavy atom. The number of aliphatic hydroxyl groups is 1. The zero-order valence-electron chi connectivity index (χ0n) is 15.3. The van der Waals surface area contributed by atoms with Crippen LogP contribution >= 0.6 is 0 Å². The van der Waals surface area contributed by atoms with Gasteiger partial charge in [-0.25, -0.2) is 0 Å². The lowest BCUT2D eigenvalue weighted by atomic mass is 9.81. The molecule has 3 atom stereocenters. The standard InChI is InChI=1S/C21H26O6/c1-2-3-4-5-6-14-19-17(25)10-13(22)11-18(19)27-21(20(14)26)12-7-8-15(23)16(24)9-12/h7-11,14,20-26H,2-6H2,1H3/t14-,20-,21+/m0/s1. The van der Waals surface area contributed by atoms with Crippen LogP contribution in [-0.4, -0.2) is 31.6 Å². The average Bonchev–Trinajstić information content (AvgIpc) is 2.62. The maximum atomic E-state index is 11.0. The van der Waals surface area contributed by atoms with Crippen molar-refractivity contribution in [3.63, 3.8) is 0 Å². The first-order valence-corrected chi connectivity index (χ1v) is 9.34. The van der Waals surface area contributed by atoms with Gasteiger partial charge in [0.25, 0.3) is 0 Å². The highest BCUT2D eigenvalue weighted by atomic mass is 16.5. The second-order valence-corrected chi connectivity index (χ2v) is 7.11. The summed E-state index contributed by atoms with van der Waals surface area (Å²) < 4.78 is 5.88. The maximum Gasteiger partial charge on any atom is 0.157 e. The van der Waals surface area contributed by atoms with Crippen molar-refractivity contribution >= 4 is 0 Å². The molecule has 0 saturated heterocycles. The van der Waals surface area contributed by atoms with Crippen LogP contribution in [0, 0.1) is 0 Å². The summed E-state index contributed by atoms with van der Waals surface area (Å²) in [5.74, 6) is -0.831. The number of rotatable bonds is 6. The number of aromatic hydroxyl groups is 4. The quantitative estimate of drug-likeness (QED) is 0.385. The van der Waals surface area contributed by atoms with E-state index < -0.39 is 12.2 Å². The smallest absolute Gasteiger partial charge is 0.157 e. The van der Waals surface area contributed by atoms with Crippen molar-refractivity contribution < 1.29 is 30.3 Å². The van der Waals surface area contributed by atoms with E-state index in [1.165, 1.54) is 24.3 Å². The third-order valence-electron chi connectivity index (χ3n) is 5.15. The van der Waals surface area contributed by atoms with Crippen LogP contribution in [0.15, 0.2) is 30.3 Å². The van der Waals surface area contributed by atoms with Gasteiger partial charge in [-0.3, -0.25) is 0 Å². The van der Waals surface area contributed by atoms with Gasteiger partial charge in [-0.15, -0.1) is 0 Å². The molecule has 0 amide bonds. The second kappa shape index (κ2) is 7.96. The SMILES string of the molecule is CCCCCC[C@H]1c2c(O)cc(O)cc2O[C@H](c2ccc(O)c(O)c2)[C@H]1O. The normalized spacial score (nSPS) is 21.5. The first-order valence-electron chi connectivity index (χ1n) is 9.34. The van der Waals surface area contributed by atoms with Crippen LogP contribution in [0.3, 0.4) is 0 Å². The van der Waals surface area contributed by atoms with Crippen molar-refractivity contribution in [1.82, 2.24) is 0 Å². The third kappa shape index (κ3) is 3.90. The van der Waals surface area contributed by atoms with Gasteiger partial charge in [0, 0.05) is 23.6 Å². The molecule has 5 N–H and O–H groups in total. The van der Waals surface area contributed by atoms with Crippen LogP contribution in [0.2, 0.25) is 0 Å². The molecule has 0 saturated carbocycles. The van der Waals surface area contributed by atoms with Crippen LogP contribution < -0.4 is 4.74 Å². The van der Waals surface area contributed by atoms with Gasteiger partial charge < -0.3 is 30.3 Å². The van der Waals surface area contributed by atoms with Gasteiger partial charge in [-0.1, -0.05) is 38.7 Å². The summed E-state index contributed by atoms with van der Waals surface area (Å²) in [6.45, 7) is 2.13. The molecular formula is C21H26O6. The Hall–Kier alpha value is -2.60. The Labute approximate surface area is 158 Å². The second-order valence-electron chi connectivity index (χ2n) is 7.11. The van der Waals surface area contributed by atoms with Crippen LogP contribution in [0.4, 0.5) is 0 Å². The molecule has 0 radical (unpaired) electrons. The minimum atomic E-state index is -0.946. The molecule has 2 aromatic rings. The summed E-state index contributed by atoms with van der Waals surface area (Å²) in [7, 11) is 0. The van der Waals surface area contributed by atoms with Crippen molar-refractivity contribution in [1.29, 1.82) is 0 Å². The lowest BCUT2D eigenvalue weighted by Gasteiger charge is -2.37. The molecular weight excluding hydrogens is 348 g/mol. The average molecular weight is 374 g/mol. The van der Waals surface area contributed by atoms with Crippen molar-refractivity contribution in [2.45, 2.75) is 57.2 Å². The molecule has 0 fully saturated rings. The Morgan fingerprint density at radius 1 is 0.889 bits per heavy atom. The molecule has 1 aliphatic heterocycles. The van der Waals surface area contributed by atoms with Gasteiger partial charge in [0.05, 0.1) is 0 Å². The molecule has 0 unspecified atom stereocenters. The minimum absolute atomic E-state index is 0.100. The minimum Gasteiger partial charge on any atom is -0.508 e. The molecule has 3 rings (SSSR count). The highest BCUT2D eigenvalue weighted by molar-refractivity contribution is 5.54. The van der Waals surface area contributed by atoms with E-state index in [0.29, 0.717) is 23.3 Å². The summed E-state index contributed by atoms with van der Waals surface area (Å²) in [5.41, 5.74) is 1.00. The van der Waals surface area contributed by atoms with E-state index in [1.807, 2.05) is 0 Å². The first kappa shape index (κ1) is 19.2. The molecule has 146 valence electrons. The van der Waals surface area contributed by atoms with Crippen LogP contribution in [0.5, 0.6) is 28.7 Å². The van der Waals surface area contributed by atoms with Gasteiger partial charge in [0.2, 0.25) is 0 Å². The Morgan fingerprint density at radius 3 is 2.37 bits per heavy atom. The number of ether oxygens (including phenoxy) is 1. The maximum absolute atomic E-state index is 11.0. The first-order chi connectivity index (χ1) is 12.9. The molecule has 1 aliphatic rings. The van der Waals surface area contributed by atoms with E-state index >= 15 is 0 Å². The van der Waals surface area contributed by atoms with Crippen molar-refractivity contribution in [3.05, 3.63) is 41.5 Å². The summed E-state index contributed by atoms with van der Waals surface area (Å²) in [6.07, 6.45) is 3.04. The van der Waals surface area contributed by atoms with E-state index in [9.17, 15) is 25.5 Å². The molecule has 6 nitrogen and oxygen atoms in total. The largest absolute Gasteiger partial charge is 0.508 e. The highest BCUT2D eigenvalue weighted by Crippen LogP contribution is 2.50. The Bertz CT molecular complexity index is 803. The van der Waals surface area contributed by atoms with Crippen LogP contribution in [0.25, 0.3) is 0 Å². The van der Waals surface area contributed by atoms with E-state index in [0.717, 1.165) is 25.7 Å². The number of hydrogen-bond donors (Lipinski definition) is 5. The zero-order valence-corrected chi connectivity index (χ0v) is 15.3. The zero-order chi connectivity index (χ0) is 19.6. The lowest BCUT2D eigenvalue weighted by molar-refractivity contribution is -0.00404. The van der Waals surface area contributed by atoms with Crippen LogP contribution in [0.1, 0.15) is 62.2 Å². The Balaban J connectivity index is 1.97. The number of benzene rings is 2. The van der Waals surface area contributed by atoms with Gasteiger partial charge in [0.1, 0.15) is 23.4 Å². The molecule has 6 heteroatoms. The van der Waals surface area contributed by atoms with Crippen molar-refractivity contribution in [2.24, 2.45) is 0 Å². The summed E-state index contributed by atoms with van der Waals surface area (Å²) in [4.78, 5) is 0. The molecule has 0 spiro atoms. The number of fused-ring (bicyclic) bond motifs is 1. The van der Waals surface area contributed by atoms with E-state index in [2.05, 4.69) is 6.92 Å². The molecule has 27 heavy (non-hydrogen) atoms. The number of hydrogen-bond acceptors (Lipinski definition) is 6. The molecule has 2 aromatic carbocycles. The molecule has 0 aliphatic carbocycles. The van der Waals surface area contributed by atoms with E-state index in [-0.39, 0.29) is 28.9 Å². The fourth-order valence-corrected chi connectivity index (χ4v) is 3.74. The third-order valence-corrected chi connectivity index (χ3v) is 5.15. The molecule has 0 aromatic heterocycles. The summed E-state index contributed by atoms with van der Waals surface area (Å²) in [5, 5.41) is 50.5. The highest BCUT2D eigenvalue weighted by Gasteiger charge is 2.40. The lowest BCUT2D eigenvalue weighted by Crippen LogP contribution is -2.34. The Kier molecular flexibility index (Phi) is 5.65. The molecule has 1 heterocycles. The summed E-state index contributed by atoms with van der Waals surface area (Å²) in [6, 6.07) is 6.94. The van der Waals surface area contributed by atoms with Gasteiger partial charge >= 0.3 is 0 Å². The summed E-state index contributed by atoms with van der Waals surface area (Å²) >= 11 is 0. The van der Waals surface area contributed by atoms with E-state index in [1.54, 1.807) is 6.07 Å². The van der Waals surface area contributed by atoms with Crippen LogP contribution in [-0.2, 0) is 0 Å². The van der Waals surface area contributed by atoms with Gasteiger partial charge in [0.15, 0.2) is 17.6 Å². The number of unbranched alkanes of at least 4 members (excludes halogenated alkanes) is 3. The van der Waals surface area contributed by atoms with Gasteiger partial charge in [-0.05, 0) is 24.1 Å². The fraction of sp³-hybridized carbons (Fsp3) is 0.429. The van der Waals surface area contributed by atoms with Gasteiger partial charge in [-0.2, -0.15) is 0 Å². The van der Waals surface area contributed by atoms with Crippen molar-refractivity contribution in [2.75, 3.05) is 0 Å².